The number of rotatable bonds is 4. The van der Waals surface area contributed by atoms with Crippen LogP contribution >= 0.6 is 0 Å². The molecule has 1 fully saturated rings. The number of nitriles is 1. The van der Waals surface area contributed by atoms with Crippen molar-refractivity contribution in [1.29, 1.82) is 5.26 Å². The molecule has 1 atom stereocenters. The maximum atomic E-state index is 13.6. The molecular formula is C29H32N6O3. The summed E-state index contributed by atoms with van der Waals surface area (Å²) in [4.78, 5) is 33.1. The smallest absolute Gasteiger partial charge is 0.407 e. The van der Waals surface area contributed by atoms with E-state index in [1.807, 2.05) is 63.2 Å². The summed E-state index contributed by atoms with van der Waals surface area (Å²) in [7, 11) is 1.72. The highest BCUT2D eigenvalue weighted by molar-refractivity contribution is 6.05. The van der Waals surface area contributed by atoms with Crippen LogP contribution in [0.5, 0.6) is 0 Å². The van der Waals surface area contributed by atoms with Crippen LogP contribution in [0.15, 0.2) is 53.3 Å². The lowest BCUT2D eigenvalue weighted by Crippen LogP contribution is -2.46. The van der Waals surface area contributed by atoms with Gasteiger partial charge in [-0.2, -0.15) is 5.26 Å². The van der Waals surface area contributed by atoms with Crippen LogP contribution < -0.4 is 15.9 Å². The van der Waals surface area contributed by atoms with E-state index >= 15 is 0 Å². The first-order valence-electron chi connectivity index (χ1n) is 12.9. The topological polar surface area (TPSA) is 105 Å². The average Bonchev–Trinajstić information content (AvgIpc) is 3.11. The summed E-state index contributed by atoms with van der Waals surface area (Å²) in [6.07, 6.45) is 0.868. The van der Waals surface area contributed by atoms with Crippen LogP contribution in [-0.2, 0) is 18.3 Å². The summed E-state index contributed by atoms with van der Waals surface area (Å²) in [5.74, 6) is 0. The van der Waals surface area contributed by atoms with Crippen molar-refractivity contribution in [2.75, 3.05) is 18.0 Å². The monoisotopic (exact) mass is 512 g/mol. The number of aryl methyl sites for hydroxylation is 1. The maximum absolute atomic E-state index is 13.6. The van der Waals surface area contributed by atoms with E-state index < -0.39 is 11.6 Å². The van der Waals surface area contributed by atoms with Crippen LogP contribution in [0.4, 0.5) is 10.5 Å². The Kier molecular flexibility index (Phi) is 6.57. The van der Waals surface area contributed by atoms with Crippen LogP contribution in [0.3, 0.4) is 0 Å². The second-order valence-corrected chi connectivity index (χ2v) is 10.8. The number of nitrogens with one attached hydrogen (secondary N) is 1. The van der Waals surface area contributed by atoms with Gasteiger partial charge in [-0.15, -0.1) is 0 Å². The summed E-state index contributed by atoms with van der Waals surface area (Å²) in [6.45, 7) is 7.25. The summed E-state index contributed by atoms with van der Waals surface area (Å²) in [6, 6.07) is 17.4. The molecule has 1 aliphatic rings. The molecule has 0 radical (unpaired) electrons. The first-order chi connectivity index (χ1) is 18.2. The Hall–Kier alpha value is -4.32. The van der Waals surface area contributed by atoms with Crippen molar-refractivity contribution in [2.24, 2.45) is 7.05 Å². The molecule has 1 saturated heterocycles. The summed E-state index contributed by atoms with van der Waals surface area (Å²) < 4.78 is 9.08. The van der Waals surface area contributed by atoms with Gasteiger partial charge in [0.05, 0.1) is 35.9 Å². The van der Waals surface area contributed by atoms with Crippen molar-refractivity contribution >= 4 is 33.8 Å². The summed E-state index contributed by atoms with van der Waals surface area (Å²) in [5.41, 5.74) is 3.67. The Morgan fingerprint density at radius 1 is 1.18 bits per heavy atom. The lowest BCUT2D eigenvalue weighted by molar-refractivity contribution is 0.0827. The van der Waals surface area contributed by atoms with E-state index in [4.69, 9.17) is 9.72 Å². The van der Waals surface area contributed by atoms with Crippen molar-refractivity contribution in [3.63, 3.8) is 0 Å². The Bertz CT molecular complexity index is 1620. The molecular weight excluding hydrogens is 480 g/mol. The molecule has 0 saturated carbocycles. The fraction of sp³-hybridized carbons (Fsp3) is 0.379. The van der Waals surface area contributed by atoms with E-state index in [0.29, 0.717) is 23.3 Å². The number of ether oxygens (including phenoxy) is 1. The Balaban J connectivity index is 1.63. The highest BCUT2D eigenvalue weighted by Gasteiger charge is 2.29. The quantitative estimate of drug-likeness (QED) is 0.437. The minimum atomic E-state index is -0.432. The first kappa shape index (κ1) is 25.3. The van der Waals surface area contributed by atoms with Crippen LogP contribution in [0.2, 0.25) is 0 Å². The van der Waals surface area contributed by atoms with Crippen molar-refractivity contribution in [3.8, 4) is 6.07 Å². The van der Waals surface area contributed by atoms with Gasteiger partial charge < -0.3 is 15.0 Å². The molecule has 4 aromatic rings. The molecule has 38 heavy (non-hydrogen) atoms. The lowest BCUT2D eigenvalue weighted by Gasteiger charge is -2.35. The molecule has 0 aliphatic carbocycles. The van der Waals surface area contributed by atoms with Gasteiger partial charge in [0.2, 0.25) is 0 Å². The largest absolute Gasteiger partial charge is 0.444 e. The van der Waals surface area contributed by atoms with Crippen molar-refractivity contribution in [2.45, 2.75) is 51.8 Å². The SMILES string of the molecule is Cn1c(=O)n(Cc2ccccc2C#N)c2c(N3CCCC(OC(=O)NC(C)(C)C)C3)c3ccccc3nc21. The fourth-order valence-electron chi connectivity index (χ4n) is 5.15. The number of piperidine rings is 1. The molecule has 9 heteroatoms. The molecule has 1 amide bonds. The fourth-order valence-corrected chi connectivity index (χ4v) is 5.15. The molecule has 3 heterocycles. The number of pyridine rings is 1. The minimum Gasteiger partial charge on any atom is -0.444 e. The molecule has 1 aliphatic heterocycles. The number of anilines is 1. The third-order valence-electron chi connectivity index (χ3n) is 6.84. The second kappa shape index (κ2) is 9.86. The zero-order valence-electron chi connectivity index (χ0n) is 22.2. The number of carbonyl (C=O) groups excluding carboxylic acids is 1. The molecule has 0 spiro atoms. The molecule has 2 aromatic heterocycles. The number of amides is 1. The normalized spacial score (nSPS) is 16.0. The molecule has 2 aromatic carbocycles. The number of alkyl carbamates (subject to hydrolysis) is 1. The predicted octanol–water partition coefficient (Wildman–Crippen LogP) is 4.30. The number of imidazole rings is 1. The average molecular weight is 513 g/mol. The van der Waals surface area contributed by atoms with E-state index in [1.54, 1.807) is 22.2 Å². The highest BCUT2D eigenvalue weighted by atomic mass is 16.6. The van der Waals surface area contributed by atoms with Crippen LogP contribution in [0, 0.1) is 11.3 Å². The van der Waals surface area contributed by atoms with Crippen LogP contribution in [-0.4, -0.2) is 44.9 Å². The molecule has 9 nitrogen and oxygen atoms in total. The van der Waals surface area contributed by atoms with Gasteiger partial charge in [-0.25, -0.2) is 14.6 Å². The summed E-state index contributed by atoms with van der Waals surface area (Å²) in [5, 5.41) is 13.4. The molecule has 1 unspecified atom stereocenters. The maximum Gasteiger partial charge on any atom is 0.407 e. The van der Waals surface area contributed by atoms with E-state index in [9.17, 15) is 14.9 Å². The predicted molar refractivity (Wildman–Crippen MR) is 147 cm³/mol. The molecule has 0 bridgehead atoms. The molecule has 5 rings (SSSR count). The molecule has 1 N–H and O–H groups in total. The zero-order valence-corrected chi connectivity index (χ0v) is 22.2. The number of para-hydroxylation sites is 1. The second-order valence-electron chi connectivity index (χ2n) is 10.8. The number of aromatic nitrogens is 3. The van der Waals surface area contributed by atoms with E-state index in [0.717, 1.165) is 41.5 Å². The zero-order chi connectivity index (χ0) is 27.0. The van der Waals surface area contributed by atoms with Gasteiger partial charge in [0.1, 0.15) is 11.6 Å². The Morgan fingerprint density at radius 2 is 1.92 bits per heavy atom. The first-order valence-corrected chi connectivity index (χ1v) is 12.9. The number of carbonyl (C=O) groups is 1. The van der Waals surface area contributed by atoms with Gasteiger partial charge in [-0.3, -0.25) is 9.13 Å². The van der Waals surface area contributed by atoms with Crippen molar-refractivity contribution < 1.29 is 9.53 Å². The van der Waals surface area contributed by atoms with Gasteiger partial charge in [0.25, 0.3) is 0 Å². The van der Waals surface area contributed by atoms with E-state index in [-0.39, 0.29) is 18.3 Å². The minimum absolute atomic E-state index is 0.203. The van der Waals surface area contributed by atoms with E-state index in [1.165, 1.54) is 0 Å². The number of benzene rings is 2. The third-order valence-corrected chi connectivity index (χ3v) is 6.84. The Morgan fingerprint density at radius 3 is 2.68 bits per heavy atom. The summed E-state index contributed by atoms with van der Waals surface area (Å²) >= 11 is 0. The third kappa shape index (κ3) is 4.82. The lowest BCUT2D eigenvalue weighted by atomic mass is 10.0. The van der Waals surface area contributed by atoms with Crippen LogP contribution in [0.25, 0.3) is 22.1 Å². The van der Waals surface area contributed by atoms with Crippen molar-refractivity contribution in [1.82, 2.24) is 19.4 Å². The molecule has 196 valence electrons. The van der Waals surface area contributed by atoms with Crippen molar-refractivity contribution in [3.05, 3.63) is 70.1 Å². The highest BCUT2D eigenvalue weighted by Crippen LogP contribution is 2.35. The van der Waals surface area contributed by atoms with Crippen LogP contribution in [0.1, 0.15) is 44.7 Å². The van der Waals surface area contributed by atoms with Gasteiger partial charge in [-0.1, -0.05) is 36.4 Å². The van der Waals surface area contributed by atoms with Gasteiger partial charge in [-0.05, 0) is 51.3 Å². The Labute approximate surface area is 221 Å². The number of fused-ring (bicyclic) bond motifs is 2. The van der Waals surface area contributed by atoms with Gasteiger partial charge in [0.15, 0.2) is 5.65 Å². The van der Waals surface area contributed by atoms with E-state index in [2.05, 4.69) is 16.3 Å². The van der Waals surface area contributed by atoms with Gasteiger partial charge >= 0.3 is 11.8 Å². The number of nitrogens with zero attached hydrogens (tertiary/aromatic N) is 5. The number of hydrogen-bond donors (Lipinski definition) is 1. The van der Waals surface area contributed by atoms with Gasteiger partial charge in [0, 0.05) is 24.5 Å². The standard InChI is InChI=1S/C29H32N6O3/c1-29(2,3)32-27(36)38-21-12-9-15-34(18-21)24-22-13-7-8-14-23(22)31-26-25(24)35(28(37)33(26)4)17-20-11-6-5-10-19(20)16-30/h5-8,10-11,13-14,21H,9,12,15,17-18H2,1-4H3,(H,32,36). The number of hydrogen-bond acceptors (Lipinski definition) is 6.